The molecule has 1 aromatic rings. The van der Waals surface area contributed by atoms with Crippen molar-refractivity contribution in [2.24, 2.45) is 0 Å². The van der Waals surface area contributed by atoms with Crippen molar-refractivity contribution in [3.63, 3.8) is 0 Å². The van der Waals surface area contributed by atoms with Gasteiger partial charge in [-0.05, 0) is 18.4 Å². The van der Waals surface area contributed by atoms with Gasteiger partial charge in [-0.25, -0.2) is 0 Å². The van der Waals surface area contributed by atoms with Gasteiger partial charge in [0.1, 0.15) is 6.42 Å². The molecule has 2 saturated heterocycles. The summed E-state index contributed by atoms with van der Waals surface area (Å²) in [5, 5.41) is 0. The third kappa shape index (κ3) is 6.21. The van der Waals surface area contributed by atoms with Gasteiger partial charge in [0.05, 0.1) is 0 Å². The van der Waals surface area contributed by atoms with Crippen LogP contribution in [0.3, 0.4) is 0 Å². The van der Waals surface area contributed by atoms with Crippen LogP contribution in [0.4, 0.5) is 0 Å². The molecule has 3 rings (SSSR count). The summed E-state index contributed by atoms with van der Waals surface area (Å²) in [5.74, 6) is -0.00107. The number of likely N-dealkylation sites (tertiary alicyclic amines) is 1. The number of amides is 2. The molecule has 2 heterocycles. The fraction of sp³-hybridized carbons (Fsp3) is 0.545. The maximum atomic E-state index is 12.5. The Labute approximate surface area is 162 Å². The van der Waals surface area contributed by atoms with E-state index in [0.717, 1.165) is 45.6 Å². The molecule has 0 unspecified atom stereocenters. The molecule has 146 valence electrons. The Morgan fingerprint density at radius 3 is 2.00 bits per heavy atom. The van der Waals surface area contributed by atoms with E-state index < -0.39 is 0 Å². The number of carbonyl (C=O) groups excluding carboxylic acids is 2. The fourth-order valence-electron chi connectivity index (χ4n) is 3.75. The van der Waals surface area contributed by atoms with Gasteiger partial charge in [0.25, 0.3) is 0 Å². The maximum absolute atomic E-state index is 12.5. The Morgan fingerprint density at radius 2 is 1.37 bits per heavy atom. The highest BCUT2D eigenvalue weighted by molar-refractivity contribution is 5.97. The van der Waals surface area contributed by atoms with Crippen molar-refractivity contribution < 1.29 is 9.59 Å². The summed E-state index contributed by atoms with van der Waals surface area (Å²) < 4.78 is 0. The predicted molar refractivity (Wildman–Crippen MR) is 108 cm³/mol. The molecule has 0 aromatic heterocycles. The monoisotopic (exact) mass is 369 g/mol. The number of hydrogen-bond acceptors (Lipinski definition) is 3. The zero-order valence-electron chi connectivity index (χ0n) is 16.2. The number of piperazine rings is 1. The zero-order valence-corrected chi connectivity index (χ0v) is 16.2. The molecule has 2 aliphatic heterocycles. The highest BCUT2D eigenvalue weighted by Gasteiger charge is 2.24. The zero-order chi connectivity index (χ0) is 18.9. The van der Waals surface area contributed by atoms with Crippen LogP contribution in [-0.4, -0.2) is 72.3 Å². The van der Waals surface area contributed by atoms with Gasteiger partial charge in [0.15, 0.2) is 0 Å². The average molecular weight is 370 g/mol. The Morgan fingerprint density at radius 1 is 0.778 bits per heavy atom. The quantitative estimate of drug-likeness (QED) is 0.750. The van der Waals surface area contributed by atoms with Crippen LogP contribution in [0, 0.1) is 0 Å². The molecule has 2 aliphatic rings. The van der Waals surface area contributed by atoms with E-state index in [9.17, 15) is 9.59 Å². The lowest BCUT2D eigenvalue weighted by molar-refractivity contribution is -0.141. The molecule has 1 aromatic carbocycles. The lowest BCUT2D eigenvalue weighted by Gasteiger charge is -2.34. The van der Waals surface area contributed by atoms with E-state index in [2.05, 4.69) is 29.2 Å². The average Bonchev–Trinajstić information content (AvgIpc) is 2.99. The van der Waals surface area contributed by atoms with Gasteiger partial charge in [-0.1, -0.05) is 55.3 Å². The topological polar surface area (TPSA) is 43.9 Å². The standard InChI is InChI=1S/C22H31N3O2/c26-21(24-13-6-1-2-7-14-24)19-22(27)25-17-15-23(16-18-25)12-8-11-20-9-4-3-5-10-20/h3-5,8-11H,1-2,6-7,12-19H2/b11-8+. The largest absolute Gasteiger partial charge is 0.342 e. The van der Waals surface area contributed by atoms with Gasteiger partial charge in [-0.3, -0.25) is 14.5 Å². The minimum atomic E-state index is -0.0104. The van der Waals surface area contributed by atoms with Crippen molar-refractivity contribution in [3.8, 4) is 0 Å². The van der Waals surface area contributed by atoms with E-state index in [1.807, 2.05) is 28.0 Å². The van der Waals surface area contributed by atoms with Gasteiger partial charge in [0.2, 0.25) is 11.8 Å². The molecule has 0 atom stereocenters. The van der Waals surface area contributed by atoms with Gasteiger partial charge in [-0.2, -0.15) is 0 Å². The van der Waals surface area contributed by atoms with Crippen LogP contribution in [0.25, 0.3) is 6.08 Å². The normalized spacial score (nSPS) is 19.3. The van der Waals surface area contributed by atoms with Crippen LogP contribution in [0.15, 0.2) is 36.4 Å². The van der Waals surface area contributed by atoms with Crippen LogP contribution in [0.2, 0.25) is 0 Å². The Kier molecular flexibility index (Phi) is 7.45. The van der Waals surface area contributed by atoms with Crippen LogP contribution in [-0.2, 0) is 9.59 Å². The molecule has 0 radical (unpaired) electrons. The molecular weight excluding hydrogens is 338 g/mol. The SMILES string of the molecule is O=C(CC(=O)N1CCN(C/C=C/c2ccccc2)CC1)N1CCCCCC1. The van der Waals surface area contributed by atoms with Gasteiger partial charge < -0.3 is 9.80 Å². The van der Waals surface area contributed by atoms with Crippen molar-refractivity contribution in [2.75, 3.05) is 45.8 Å². The summed E-state index contributed by atoms with van der Waals surface area (Å²) in [6, 6.07) is 10.3. The van der Waals surface area contributed by atoms with Crippen molar-refractivity contribution in [3.05, 3.63) is 42.0 Å². The van der Waals surface area contributed by atoms with Crippen molar-refractivity contribution >= 4 is 17.9 Å². The van der Waals surface area contributed by atoms with Gasteiger partial charge in [0, 0.05) is 45.8 Å². The molecule has 2 amide bonds. The van der Waals surface area contributed by atoms with Crippen molar-refractivity contribution in [1.82, 2.24) is 14.7 Å². The number of rotatable bonds is 5. The number of benzene rings is 1. The summed E-state index contributed by atoms with van der Waals surface area (Å²) in [6.45, 7) is 5.67. The minimum absolute atomic E-state index is 0.00937. The third-order valence-electron chi connectivity index (χ3n) is 5.46. The minimum Gasteiger partial charge on any atom is -0.342 e. The molecule has 5 heteroatoms. The van der Waals surface area contributed by atoms with Crippen LogP contribution in [0.1, 0.15) is 37.7 Å². The van der Waals surface area contributed by atoms with E-state index in [-0.39, 0.29) is 18.2 Å². The van der Waals surface area contributed by atoms with Crippen LogP contribution in [0.5, 0.6) is 0 Å². The molecule has 0 N–H and O–H groups in total. The number of carbonyl (C=O) groups is 2. The van der Waals surface area contributed by atoms with Crippen molar-refractivity contribution in [2.45, 2.75) is 32.1 Å². The summed E-state index contributed by atoms with van der Waals surface area (Å²) in [5.41, 5.74) is 1.21. The summed E-state index contributed by atoms with van der Waals surface area (Å²) in [7, 11) is 0. The summed E-state index contributed by atoms with van der Waals surface area (Å²) >= 11 is 0. The first-order valence-electron chi connectivity index (χ1n) is 10.2. The summed E-state index contributed by atoms with van der Waals surface area (Å²) in [4.78, 5) is 31.0. The van der Waals surface area contributed by atoms with Crippen LogP contribution >= 0.6 is 0 Å². The Balaban J connectivity index is 1.38. The second-order valence-electron chi connectivity index (χ2n) is 7.47. The molecular formula is C22H31N3O2. The van der Waals surface area contributed by atoms with E-state index in [4.69, 9.17) is 0 Å². The van der Waals surface area contributed by atoms with Crippen LogP contribution < -0.4 is 0 Å². The first kappa shape index (κ1) is 19.6. The molecule has 0 bridgehead atoms. The molecule has 2 fully saturated rings. The molecule has 27 heavy (non-hydrogen) atoms. The smallest absolute Gasteiger partial charge is 0.232 e. The molecule has 0 spiro atoms. The summed E-state index contributed by atoms with van der Waals surface area (Å²) in [6.07, 6.45) is 8.86. The molecule has 0 saturated carbocycles. The van der Waals surface area contributed by atoms with Gasteiger partial charge in [-0.15, -0.1) is 0 Å². The lowest BCUT2D eigenvalue weighted by atomic mass is 10.2. The second-order valence-corrected chi connectivity index (χ2v) is 7.47. The highest BCUT2D eigenvalue weighted by atomic mass is 16.2. The molecule has 5 nitrogen and oxygen atoms in total. The third-order valence-corrected chi connectivity index (χ3v) is 5.46. The predicted octanol–water partition coefficient (Wildman–Crippen LogP) is 2.64. The van der Waals surface area contributed by atoms with Gasteiger partial charge >= 0.3 is 0 Å². The van der Waals surface area contributed by atoms with E-state index in [1.54, 1.807) is 0 Å². The highest BCUT2D eigenvalue weighted by Crippen LogP contribution is 2.12. The Bertz CT molecular complexity index is 628. The Hall–Kier alpha value is -2.14. The number of hydrogen-bond donors (Lipinski definition) is 0. The molecule has 0 aliphatic carbocycles. The first-order chi connectivity index (χ1) is 13.2. The van der Waals surface area contributed by atoms with E-state index in [1.165, 1.54) is 18.4 Å². The maximum Gasteiger partial charge on any atom is 0.232 e. The van der Waals surface area contributed by atoms with E-state index >= 15 is 0 Å². The van der Waals surface area contributed by atoms with Crippen molar-refractivity contribution in [1.29, 1.82) is 0 Å². The van der Waals surface area contributed by atoms with E-state index in [0.29, 0.717) is 13.1 Å². The lowest BCUT2D eigenvalue weighted by Crippen LogP contribution is -2.49. The first-order valence-corrected chi connectivity index (χ1v) is 10.2. The second kappa shape index (κ2) is 10.3. The fourth-order valence-corrected chi connectivity index (χ4v) is 3.75. The number of nitrogens with zero attached hydrogens (tertiary/aromatic N) is 3.